The van der Waals surface area contributed by atoms with Gasteiger partial charge in [0, 0.05) is 23.0 Å². The van der Waals surface area contributed by atoms with Gasteiger partial charge in [-0.05, 0) is 29.8 Å². The number of benzene rings is 1. The normalized spacial score (nSPS) is 10.2. The Morgan fingerprint density at radius 2 is 2.05 bits per heavy atom. The number of rotatable bonds is 5. The first-order chi connectivity index (χ1) is 9.28. The van der Waals surface area contributed by atoms with Gasteiger partial charge in [-0.15, -0.1) is 11.8 Å². The number of amides is 1. The fourth-order valence-corrected chi connectivity index (χ4v) is 2.21. The number of hydrogen-bond acceptors (Lipinski definition) is 4. The summed E-state index contributed by atoms with van der Waals surface area (Å²) in [6, 6.07) is 10.9. The summed E-state index contributed by atoms with van der Waals surface area (Å²) in [6.07, 6.45) is 3.40. The maximum atomic E-state index is 11.8. The van der Waals surface area contributed by atoms with E-state index in [4.69, 9.17) is 5.11 Å². The molecule has 0 aliphatic rings. The van der Waals surface area contributed by atoms with Crippen molar-refractivity contribution in [2.24, 2.45) is 0 Å². The van der Waals surface area contributed by atoms with Crippen LogP contribution in [-0.2, 0) is 11.4 Å². The lowest BCUT2D eigenvalue weighted by atomic mass is 10.2. The van der Waals surface area contributed by atoms with Gasteiger partial charge in [0.15, 0.2) is 0 Å². The molecule has 0 saturated carbocycles. The molecule has 1 aromatic heterocycles. The minimum absolute atomic E-state index is 0.0323. The first-order valence-corrected chi connectivity index (χ1v) is 6.79. The lowest BCUT2D eigenvalue weighted by Gasteiger charge is -2.06. The second kappa shape index (κ2) is 6.92. The van der Waals surface area contributed by atoms with Gasteiger partial charge >= 0.3 is 0 Å². The highest BCUT2D eigenvalue weighted by molar-refractivity contribution is 8.00. The second-order valence-electron chi connectivity index (χ2n) is 3.88. The van der Waals surface area contributed by atoms with Crippen LogP contribution in [0, 0.1) is 0 Å². The van der Waals surface area contributed by atoms with Crippen LogP contribution >= 0.6 is 11.8 Å². The number of nitrogens with one attached hydrogen (secondary N) is 1. The van der Waals surface area contributed by atoms with Gasteiger partial charge in [-0.3, -0.25) is 9.78 Å². The monoisotopic (exact) mass is 274 g/mol. The summed E-state index contributed by atoms with van der Waals surface area (Å²) in [5.41, 5.74) is 1.48. The number of aliphatic hydroxyl groups excluding tert-OH is 1. The first-order valence-electron chi connectivity index (χ1n) is 5.80. The van der Waals surface area contributed by atoms with Crippen LogP contribution in [0.25, 0.3) is 0 Å². The summed E-state index contributed by atoms with van der Waals surface area (Å²) < 4.78 is 0. The fraction of sp³-hybridized carbons (Fsp3) is 0.143. The van der Waals surface area contributed by atoms with Crippen molar-refractivity contribution in [2.75, 3.05) is 11.1 Å². The third-order valence-electron chi connectivity index (χ3n) is 2.41. The minimum atomic E-state index is -0.0723. The van der Waals surface area contributed by atoms with E-state index in [0.717, 1.165) is 10.5 Å². The number of carbonyl (C=O) groups excluding carboxylic acids is 1. The number of pyridine rings is 1. The highest BCUT2D eigenvalue weighted by atomic mass is 32.2. The lowest BCUT2D eigenvalue weighted by molar-refractivity contribution is -0.113. The molecule has 0 aliphatic heterocycles. The highest BCUT2D eigenvalue weighted by Crippen LogP contribution is 2.17. The first kappa shape index (κ1) is 13.6. The van der Waals surface area contributed by atoms with Crippen molar-refractivity contribution in [1.82, 2.24) is 4.98 Å². The molecule has 0 spiro atoms. The van der Waals surface area contributed by atoms with E-state index in [1.54, 1.807) is 36.7 Å². The minimum Gasteiger partial charge on any atom is -0.392 e. The zero-order chi connectivity index (χ0) is 13.5. The average molecular weight is 274 g/mol. The summed E-state index contributed by atoms with van der Waals surface area (Å²) in [5, 5.41) is 11.8. The van der Waals surface area contributed by atoms with Gasteiger partial charge in [0.05, 0.1) is 12.4 Å². The number of aliphatic hydroxyl groups is 1. The quantitative estimate of drug-likeness (QED) is 0.821. The average Bonchev–Trinajstić information content (AvgIpc) is 2.46. The highest BCUT2D eigenvalue weighted by Gasteiger charge is 2.04. The van der Waals surface area contributed by atoms with E-state index in [0.29, 0.717) is 11.4 Å². The van der Waals surface area contributed by atoms with E-state index >= 15 is 0 Å². The largest absolute Gasteiger partial charge is 0.392 e. The summed E-state index contributed by atoms with van der Waals surface area (Å²) in [5.74, 6) is 0.268. The van der Waals surface area contributed by atoms with E-state index < -0.39 is 0 Å². The van der Waals surface area contributed by atoms with Gasteiger partial charge in [0.1, 0.15) is 0 Å². The van der Waals surface area contributed by atoms with E-state index in [1.165, 1.54) is 11.8 Å². The second-order valence-corrected chi connectivity index (χ2v) is 4.93. The van der Waals surface area contributed by atoms with Crippen LogP contribution in [0.4, 0.5) is 5.69 Å². The predicted molar refractivity (Wildman–Crippen MR) is 76.0 cm³/mol. The maximum Gasteiger partial charge on any atom is 0.234 e. The molecule has 2 N–H and O–H groups in total. The molecule has 0 fully saturated rings. The Morgan fingerprint density at radius 1 is 1.26 bits per heavy atom. The van der Waals surface area contributed by atoms with Gasteiger partial charge in [0.25, 0.3) is 0 Å². The molecule has 0 saturated heterocycles. The molecule has 2 aromatic rings. The molecule has 5 heteroatoms. The van der Waals surface area contributed by atoms with Crippen LogP contribution < -0.4 is 5.32 Å². The van der Waals surface area contributed by atoms with Gasteiger partial charge in [-0.2, -0.15) is 0 Å². The van der Waals surface area contributed by atoms with Gasteiger partial charge < -0.3 is 10.4 Å². The van der Waals surface area contributed by atoms with Crippen molar-refractivity contribution in [3.63, 3.8) is 0 Å². The maximum absolute atomic E-state index is 11.8. The SMILES string of the molecule is O=C(CSc1ccncc1)Nc1cccc(CO)c1. The van der Waals surface area contributed by atoms with Crippen LogP contribution in [0.1, 0.15) is 5.56 Å². The summed E-state index contributed by atoms with van der Waals surface area (Å²) >= 11 is 1.46. The molecule has 0 radical (unpaired) electrons. The number of hydrogen-bond donors (Lipinski definition) is 2. The van der Waals surface area contributed by atoms with Crippen molar-refractivity contribution in [1.29, 1.82) is 0 Å². The smallest absolute Gasteiger partial charge is 0.234 e. The predicted octanol–water partition coefficient (Wildman–Crippen LogP) is 2.30. The summed E-state index contributed by atoms with van der Waals surface area (Å²) in [6.45, 7) is -0.0323. The van der Waals surface area contributed by atoms with E-state index in [9.17, 15) is 4.79 Å². The Kier molecular flexibility index (Phi) is 4.94. The fourth-order valence-electron chi connectivity index (χ4n) is 1.53. The molecule has 4 nitrogen and oxygen atoms in total. The lowest BCUT2D eigenvalue weighted by Crippen LogP contribution is -2.14. The van der Waals surface area contributed by atoms with Crippen LogP contribution in [-0.4, -0.2) is 21.8 Å². The molecule has 1 amide bonds. The topological polar surface area (TPSA) is 62.2 Å². The van der Waals surface area contributed by atoms with Crippen molar-refractivity contribution < 1.29 is 9.90 Å². The molecule has 98 valence electrons. The Balaban J connectivity index is 1.87. The summed E-state index contributed by atoms with van der Waals surface area (Å²) in [7, 11) is 0. The molecule has 0 atom stereocenters. The molecule has 2 rings (SSSR count). The number of thioether (sulfide) groups is 1. The number of carbonyl (C=O) groups is 1. The van der Waals surface area contributed by atoms with Crippen LogP contribution in [0.2, 0.25) is 0 Å². The van der Waals surface area contributed by atoms with Crippen molar-refractivity contribution in [3.05, 3.63) is 54.4 Å². The van der Waals surface area contributed by atoms with E-state index in [2.05, 4.69) is 10.3 Å². The molecule has 1 heterocycles. The van der Waals surface area contributed by atoms with Crippen LogP contribution in [0.5, 0.6) is 0 Å². The van der Waals surface area contributed by atoms with Crippen molar-refractivity contribution in [3.8, 4) is 0 Å². The van der Waals surface area contributed by atoms with E-state index in [-0.39, 0.29) is 12.5 Å². The third-order valence-corrected chi connectivity index (χ3v) is 3.43. The van der Waals surface area contributed by atoms with Crippen molar-refractivity contribution >= 4 is 23.4 Å². The Morgan fingerprint density at radius 3 is 2.79 bits per heavy atom. The number of aromatic nitrogens is 1. The Bertz CT molecular complexity index is 546. The van der Waals surface area contributed by atoms with E-state index in [1.807, 2.05) is 12.1 Å². The van der Waals surface area contributed by atoms with Gasteiger partial charge in [-0.25, -0.2) is 0 Å². The molecular weight excluding hydrogens is 260 g/mol. The molecule has 0 unspecified atom stereocenters. The molecule has 0 bridgehead atoms. The van der Waals surface area contributed by atoms with Gasteiger partial charge in [0.2, 0.25) is 5.91 Å². The molecular formula is C14H14N2O2S. The zero-order valence-corrected chi connectivity index (χ0v) is 11.1. The molecule has 19 heavy (non-hydrogen) atoms. The molecule has 1 aromatic carbocycles. The van der Waals surface area contributed by atoms with Gasteiger partial charge in [-0.1, -0.05) is 12.1 Å². The number of nitrogens with zero attached hydrogens (tertiary/aromatic N) is 1. The standard InChI is InChI=1S/C14H14N2O2S/c17-9-11-2-1-3-12(8-11)16-14(18)10-19-13-4-6-15-7-5-13/h1-8,17H,9-10H2,(H,16,18). The summed E-state index contributed by atoms with van der Waals surface area (Å²) in [4.78, 5) is 16.7. The van der Waals surface area contributed by atoms with Crippen molar-refractivity contribution in [2.45, 2.75) is 11.5 Å². The zero-order valence-electron chi connectivity index (χ0n) is 10.2. The Hall–Kier alpha value is -1.85. The number of anilines is 1. The molecule has 0 aliphatic carbocycles. The Labute approximate surface area is 115 Å². The van der Waals surface area contributed by atoms with Crippen LogP contribution in [0.3, 0.4) is 0 Å². The van der Waals surface area contributed by atoms with Crippen LogP contribution in [0.15, 0.2) is 53.7 Å². The third kappa shape index (κ3) is 4.39.